The van der Waals surface area contributed by atoms with Crippen LogP contribution in [0.15, 0.2) is 0 Å². The van der Waals surface area contributed by atoms with Crippen LogP contribution in [0.5, 0.6) is 0 Å². The second-order valence-corrected chi connectivity index (χ2v) is 5.60. The number of aliphatic carboxylic acids is 1. The zero-order valence-corrected chi connectivity index (χ0v) is 9.86. The molecule has 88 valence electrons. The maximum Gasteiger partial charge on any atom is 0.303 e. The van der Waals surface area contributed by atoms with E-state index in [9.17, 15) is 9.90 Å². The zero-order chi connectivity index (χ0) is 11.6. The Hall–Kier alpha value is -0.570. The van der Waals surface area contributed by atoms with E-state index in [2.05, 4.69) is 13.8 Å². The van der Waals surface area contributed by atoms with Gasteiger partial charge in [-0.3, -0.25) is 4.79 Å². The van der Waals surface area contributed by atoms with Gasteiger partial charge in [-0.2, -0.15) is 0 Å². The second-order valence-electron chi connectivity index (χ2n) is 5.60. The van der Waals surface area contributed by atoms with Crippen LogP contribution >= 0.6 is 0 Å². The van der Waals surface area contributed by atoms with Crippen molar-refractivity contribution in [1.29, 1.82) is 0 Å². The van der Waals surface area contributed by atoms with Crippen LogP contribution in [-0.2, 0) is 4.79 Å². The van der Waals surface area contributed by atoms with Crippen LogP contribution < -0.4 is 0 Å². The first-order valence-electron chi connectivity index (χ1n) is 5.74. The molecule has 0 amide bonds. The largest absolute Gasteiger partial charge is 0.481 e. The molecule has 0 radical (unpaired) electrons. The second kappa shape index (κ2) is 4.52. The van der Waals surface area contributed by atoms with Crippen molar-refractivity contribution in [3.05, 3.63) is 0 Å². The highest BCUT2D eigenvalue weighted by atomic mass is 16.4. The van der Waals surface area contributed by atoms with Crippen molar-refractivity contribution in [2.24, 2.45) is 17.3 Å². The number of aliphatic hydroxyl groups is 1. The summed E-state index contributed by atoms with van der Waals surface area (Å²) in [5.41, 5.74) is -0.212. The van der Waals surface area contributed by atoms with Crippen LogP contribution in [0.25, 0.3) is 0 Å². The molecule has 0 heterocycles. The number of carbonyl (C=O) groups is 1. The topological polar surface area (TPSA) is 57.5 Å². The molecular weight excluding hydrogens is 192 g/mol. The van der Waals surface area contributed by atoms with E-state index in [0.717, 1.165) is 12.8 Å². The van der Waals surface area contributed by atoms with Gasteiger partial charge in [-0.25, -0.2) is 0 Å². The van der Waals surface area contributed by atoms with E-state index >= 15 is 0 Å². The molecule has 15 heavy (non-hydrogen) atoms. The van der Waals surface area contributed by atoms with Crippen LogP contribution in [0.3, 0.4) is 0 Å². The van der Waals surface area contributed by atoms with Crippen molar-refractivity contribution in [1.82, 2.24) is 0 Å². The fourth-order valence-electron chi connectivity index (χ4n) is 2.77. The summed E-state index contributed by atoms with van der Waals surface area (Å²) in [5, 5.41) is 18.8. The molecular formula is C12H22O3. The third kappa shape index (κ3) is 3.20. The van der Waals surface area contributed by atoms with E-state index < -0.39 is 5.97 Å². The molecule has 0 saturated heterocycles. The molecule has 3 heteroatoms. The molecule has 1 saturated carbocycles. The first-order valence-corrected chi connectivity index (χ1v) is 5.74. The van der Waals surface area contributed by atoms with Crippen LogP contribution in [0.4, 0.5) is 0 Å². The van der Waals surface area contributed by atoms with Gasteiger partial charge >= 0.3 is 5.97 Å². The van der Waals surface area contributed by atoms with Crippen molar-refractivity contribution in [2.75, 3.05) is 0 Å². The Morgan fingerprint density at radius 3 is 2.53 bits per heavy atom. The number of rotatable bonds is 3. The lowest BCUT2D eigenvalue weighted by Crippen LogP contribution is -2.38. The minimum atomic E-state index is -0.757. The first-order chi connectivity index (χ1) is 6.84. The lowest BCUT2D eigenvalue weighted by molar-refractivity contribution is -0.141. The zero-order valence-electron chi connectivity index (χ0n) is 9.86. The van der Waals surface area contributed by atoms with Crippen molar-refractivity contribution >= 4 is 5.97 Å². The van der Waals surface area contributed by atoms with E-state index in [0.29, 0.717) is 18.3 Å². The number of carboxylic acids is 1. The normalized spacial score (nSPS) is 36.9. The summed E-state index contributed by atoms with van der Waals surface area (Å²) in [5.74, 6) is 0.0638. The summed E-state index contributed by atoms with van der Waals surface area (Å²) in [4.78, 5) is 10.7. The molecule has 0 aromatic heterocycles. The average Bonchev–Trinajstić information content (AvgIpc) is 1.99. The van der Waals surface area contributed by atoms with Crippen molar-refractivity contribution < 1.29 is 15.0 Å². The van der Waals surface area contributed by atoms with Gasteiger partial charge in [0.2, 0.25) is 0 Å². The highest BCUT2D eigenvalue weighted by Crippen LogP contribution is 2.43. The Morgan fingerprint density at radius 2 is 2.13 bits per heavy atom. The average molecular weight is 214 g/mol. The smallest absolute Gasteiger partial charge is 0.303 e. The van der Waals surface area contributed by atoms with Crippen LogP contribution in [-0.4, -0.2) is 22.3 Å². The lowest BCUT2D eigenvalue weighted by atomic mass is 9.66. The highest BCUT2D eigenvalue weighted by molar-refractivity contribution is 5.67. The molecule has 1 aliphatic carbocycles. The van der Waals surface area contributed by atoms with Gasteiger partial charge in [-0.15, -0.1) is 0 Å². The third-order valence-corrected chi connectivity index (χ3v) is 3.71. The molecule has 0 spiro atoms. The molecule has 0 aromatic carbocycles. The monoisotopic (exact) mass is 214 g/mol. The summed E-state index contributed by atoms with van der Waals surface area (Å²) in [6.45, 7) is 6.21. The van der Waals surface area contributed by atoms with E-state index in [4.69, 9.17) is 5.11 Å². The predicted octanol–water partition coefficient (Wildman–Crippen LogP) is 2.28. The Morgan fingerprint density at radius 1 is 1.53 bits per heavy atom. The number of hydrogen-bond donors (Lipinski definition) is 2. The maximum absolute atomic E-state index is 10.7. The van der Waals surface area contributed by atoms with Gasteiger partial charge in [0.1, 0.15) is 0 Å². The molecule has 1 fully saturated rings. The summed E-state index contributed by atoms with van der Waals surface area (Å²) >= 11 is 0. The molecule has 0 aliphatic heterocycles. The third-order valence-electron chi connectivity index (χ3n) is 3.71. The van der Waals surface area contributed by atoms with Crippen LogP contribution in [0.2, 0.25) is 0 Å². The minimum Gasteiger partial charge on any atom is -0.481 e. The molecule has 0 aromatic rings. The van der Waals surface area contributed by atoms with Crippen molar-refractivity contribution in [2.45, 2.75) is 52.6 Å². The molecule has 3 atom stereocenters. The highest BCUT2D eigenvalue weighted by Gasteiger charge is 2.39. The van der Waals surface area contributed by atoms with E-state index in [1.807, 2.05) is 6.92 Å². The molecule has 1 aliphatic rings. The molecule has 0 bridgehead atoms. The minimum absolute atomic E-state index is 0.175. The predicted molar refractivity (Wildman–Crippen MR) is 58.5 cm³/mol. The Bertz CT molecular complexity index is 237. The van der Waals surface area contributed by atoms with Gasteiger partial charge in [-0.05, 0) is 36.5 Å². The van der Waals surface area contributed by atoms with Crippen molar-refractivity contribution in [3.8, 4) is 0 Å². The van der Waals surface area contributed by atoms with E-state index in [1.165, 1.54) is 0 Å². The van der Waals surface area contributed by atoms with Gasteiger partial charge in [0.15, 0.2) is 0 Å². The number of hydrogen-bond acceptors (Lipinski definition) is 2. The Labute approximate surface area is 91.5 Å². The molecule has 3 nitrogen and oxygen atoms in total. The molecule has 2 N–H and O–H groups in total. The Kier molecular flexibility index (Phi) is 3.77. The van der Waals surface area contributed by atoms with Crippen LogP contribution in [0.1, 0.15) is 46.5 Å². The van der Waals surface area contributed by atoms with Gasteiger partial charge in [0.25, 0.3) is 0 Å². The summed E-state index contributed by atoms with van der Waals surface area (Å²) in [6, 6.07) is 0. The fourth-order valence-corrected chi connectivity index (χ4v) is 2.77. The van der Waals surface area contributed by atoms with Gasteiger partial charge in [0.05, 0.1) is 12.5 Å². The lowest BCUT2D eigenvalue weighted by Gasteiger charge is -2.41. The van der Waals surface area contributed by atoms with Gasteiger partial charge in [-0.1, -0.05) is 20.8 Å². The Balaban J connectivity index is 2.60. The summed E-state index contributed by atoms with van der Waals surface area (Å²) in [7, 11) is 0. The molecule has 3 unspecified atom stereocenters. The van der Waals surface area contributed by atoms with Gasteiger partial charge in [0, 0.05) is 0 Å². The first kappa shape index (κ1) is 12.5. The van der Waals surface area contributed by atoms with Crippen LogP contribution in [0, 0.1) is 17.3 Å². The summed E-state index contributed by atoms with van der Waals surface area (Å²) < 4.78 is 0. The molecule has 1 rings (SSSR count). The van der Waals surface area contributed by atoms with Crippen molar-refractivity contribution in [3.63, 3.8) is 0 Å². The van der Waals surface area contributed by atoms with Gasteiger partial charge < -0.3 is 10.2 Å². The van der Waals surface area contributed by atoms with E-state index in [-0.39, 0.29) is 17.9 Å². The number of aliphatic hydroxyl groups excluding tert-OH is 1. The summed E-state index contributed by atoms with van der Waals surface area (Å²) in [6.07, 6.45) is 2.34. The van der Waals surface area contributed by atoms with E-state index in [1.54, 1.807) is 0 Å². The fraction of sp³-hybridized carbons (Fsp3) is 0.917. The standard InChI is InChI=1S/C12H22O3/c1-8(2)9-4-5-12(3,6-10(9)13)7-11(14)15/h8-10,13H,4-7H2,1-3H3,(H,14,15). The SMILES string of the molecule is CC(C)C1CCC(C)(CC(=O)O)CC1O. The maximum atomic E-state index is 10.7. The quantitative estimate of drug-likeness (QED) is 0.757. The number of carboxylic acid groups (broad SMARTS) is 1.